The van der Waals surface area contributed by atoms with E-state index in [0.29, 0.717) is 24.4 Å². The van der Waals surface area contributed by atoms with Crippen LogP contribution in [0.5, 0.6) is 0 Å². The predicted molar refractivity (Wildman–Crippen MR) is 78.0 cm³/mol. The van der Waals surface area contributed by atoms with Gasteiger partial charge >= 0.3 is 61.7 Å². The molecule has 2 rings (SSSR count). The fourth-order valence-electron chi connectivity index (χ4n) is 1.53. The van der Waals surface area contributed by atoms with E-state index >= 15 is 0 Å². The Morgan fingerprint density at radius 1 is 1.29 bits per heavy atom. The van der Waals surface area contributed by atoms with E-state index in [2.05, 4.69) is 42.2 Å². The van der Waals surface area contributed by atoms with Crippen molar-refractivity contribution in [1.29, 1.82) is 0 Å². The van der Waals surface area contributed by atoms with Crippen molar-refractivity contribution in [3.8, 4) is 0 Å². The Morgan fingerprint density at radius 2 is 1.82 bits per heavy atom. The number of hydrogen-bond donors (Lipinski definition) is 1. The number of aromatic nitrogens is 4. The summed E-state index contributed by atoms with van der Waals surface area (Å²) in [6, 6.07) is 0. The number of rotatable bonds is 0. The summed E-state index contributed by atoms with van der Waals surface area (Å²) >= 11 is 5.30. The van der Waals surface area contributed by atoms with Crippen molar-refractivity contribution in [1.82, 2.24) is 14.1 Å². The van der Waals surface area contributed by atoms with E-state index in [1.165, 1.54) is 11.6 Å². The first-order chi connectivity index (χ1) is 7.95. The molecule has 2 aromatic heterocycles. The molecule has 0 aromatic carbocycles. The molecule has 0 bridgehead atoms. The van der Waals surface area contributed by atoms with E-state index in [1.807, 2.05) is 0 Å². The molecule has 9 heteroatoms. The van der Waals surface area contributed by atoms with Gasteiger partial charge in [-0.05, 0) is 0 Å². The molecule has 17 heavy (non-hydrogen) atoms. The monoisotopic (exact) mass is 576 g/mol. The summed E-state index contributed by atoms with van der Waals surface area (Å²) in [5.41, 5.74) is 0.423. The Morgan fingerprint density at radius 3 is 2.35 bits per heavy atom. The zero-order chi connectivity index (χ0) is 13.2. The number of H-pyrrole nitrogens is 1. The number of nitrogens with one attached hydrogen (secondary N) is 1. The molecule has 6 nitrogen and oxygen atoms in total. The van der Waals surface area contributed by atoms with Crippen LogP contribution in [0.2, 0.25) is 0 Å². The van der Waals surface area contributed by atoms with Crippen LogP contribution in [0.25, 0.3) is 11.2 Å². The molecule has 0 aliphatic heterocycles. The van der Waals surface area contributed by atoms with Gasteiger partial charge in [-0.15, -0.1) is 0 Å². The van der Waals surface area contributed by atoms with Gasteiger partial charge in [-0.1, -0.05) is 0 Å². The zero-order valence-electron chi connectivity index (χ0n) is 9.37. The van der Waals surface area contributed by atoms with Gasteiger partial charge in [-0.2, -0.15) is 0 Å². The zero-order valence-corrected chi connectivity index (χ0v) is 15.8. The maximum absolute atomic E-state index is 11.7. The first-order valence-electron chi connectivity index (χ1n) is 4.45. The number of aryl methyl sites for hydroxylation is 2. The molecule has 0 aliphatic carbocycles. The first kappa shape index (κ1) is 15.4. The summed E-state index contributed by atoms with van der Waals surface area (Å²) < 4.78 is 4.17. The summed E-state index contributed by atoms with van der Waals surface area (Å²) in [5.74, 6) is 0. The van der Waals surface area contributed by atoms with Gasteiger partial charge in [0.05, 0.1) is 7.05 Å². The average molecular weight is 576 g/mol. The molecule has 0 saturated heterocycles. The SMILES string of the molecule is Cn1c(=O)c2c([nH]c[n+]2C)n(C)c1=O.I[I-]I. The molecule has 0 aliphatic rings. The van der Waals surface area contributed by atoms with Crippen LogP contribution in [0.1, 0.15) is 0 Å². The van der Waals surface area contributed by atoms with Crippen LogP contribution in [0.4, 0.5) is 0 Å². The molecule has 0 atom stereocenters. The van der Waals surface area contributed by atoms with Gasteiger partial charge in [0.25, 0.3) is 11.2 Å². The third-order valence-corrected chi connectivity index (χ3v) is 2.39. The van der Waals surface area contributed by atoms with Crippen molar-refractivity contribution in [2.24, 2.45) is 21.1 Å². The van der Waals surface area contributed by atoms with Gasteiger partial charge in [0.1, 0.15) is 0 Å². The molecule has 0 spiro atoms. The van der Waals surface area contributed by atoms with Crippen molar-refractivity contribution in [3.63, 3.8) is 0 Å². The Hall–Kier alpha value is 0.340. The average Bonchev–Trinajstić information content (AvgIpc) is 2.67. The topological polar surface area (TPSA) is 63.7 Å². The number of hydrogen-bond acceptors (Lipinski definition) is 2. The van der Waals surface area contributed by atoms with Crippen molar-refractivity contribution in [2.45, 2.75) is 0 Å². The van der Waals surface area contributed by atoms with E-state index in [4.69, 9.17) is 0 Å². The summed E-state index contributed by atoms with van der Waals surface area (Å²) in [6.07, 6.45) is 1.64. The minimum absolute atomic E-state index is 0.285. The molecule has 0 unspecified atom stereocenters. The number of nitrogens with zero attached hydrogens (tertiary/aromatic N) is 3. The van der Waals surface area contributed by atoms with Crippen molar-refractivity contribution < 1.29 is 17.8 Å². The number of halogens is 3. The van der Waals surface area contributed by atoms with Gasteiger partial charge in [-0.25, -0.2) is 14.3 Å². The Kier molecular flexibility index (Phi) is 5.88. The second-order valence-electron chi connectivity index (χ2n) is 3.34. The summed E-state index contributed by atoms with van der Waals surface area (Å²) in [5, 5.41) is 0. The Balaban J connectivity index is 0.000000437. The van der Waals surface area contributed by atoms with E-state index < -0.39 is 0 Å². The molecule has 96 valence electrons. The fourth-order valence-corrected chi connectivity index (χ4v) is 1.53. The predicted octanol–water partition coefficient (Wildman–Crippen LogP) is -2.83. The van der Waals surface area contributed by atoms with Crippen LogP contribution in [-0.2, 0) is 21.1 Å². The summed E-state index contributed by atoms with van der Waals surface area (Å²) in [7, 11) is 4.85. The van der Waals surface area contributed by atoms with Crippen LogP contribution in [0.15, 0.2) is 15.9 Å². The molecule has 2 aromatic rings. The van der Waals surface area contributed by atoms with Crippen molar-refractivity contribution in [3.05, 3.63) is 27.2 Å². The maximum atomic E-state index is 11.7. The fraction of sp³-hybridized carbons (Fsp3) is 0.375. The van der Waals surface area contributed by atoms with Crippen molar-refractivity contribution in [2.75, 3.05) is 0 Å². The van der Waals surface area contributed by atoms with Crippen LogP contribution in [-0.4, -0.2) is 14.1 Å². The van der Waals surface area contributed by atoms with Gasteiger partial charge < -0.3 is 0 Å². The Bertz CT molecular complexity index is 642. The normalized spacial score (nSPS) is 10.4. The first-order valence-corrected chi connectivity index (χ1v) is 17.0. The second-order valence-corrected chi connectivity index (χ2v) is 19.6. The number of imidazole rings is 1. The second kappa shape index (κ2) is 6.49. The van der Waals surface area contributed by atoms with Gasteiger partial charge in [0.2, 0.25) is 6.33 Å². The Labute approximate surface area is 127 Å². The molecular weight excluding hydrogens is 565 g/mol. The van der Waals surface area contributed by atoms with Gasteiger partial charge in [-0.3, -0.25) is 13.9 Å². The van der Waals surface area contributed by atoms with Crippen LogP contribution >= 0.6 is 37.2 Å². The molecule has 2 heterocycles. The van der Waals surface area contributed by atoms with Gasteiger partial charge in [0.15, 0.2) is 0 Å². The quantitative estimate of drug-likeness (QED) is 0.272. The minimum atomic E-state index is -0.329. The number of aromatic amines is 1. The molecular formula is C8H11I3N4O2. The third kappa shape index (κ3) is 3.02. The van der Waals surface area contributed by atoms with Gasteiger partial charge in [0, 0.05) is 14.1 Å². The van der Waals surface area contributed by atoms with Crippen LogP contribution in [0.3, 0.4) is 0 Å². The van der Waals surface area contributed by atoms with Crippen molar-refractivity contribution >= 4 is 48.4 Å². The number of fused-ring (bicyclic) bond motifs is 1. The molecule has 0 saturated carbocycles. The van der Waals surface area contributed by atoms with Crippen LogP contribution in [0, 0.1) is 0 Å². The van der Waals surface area contributed by atoms with E-state index in [0.717, 1.165) is 4.57 Å². The molecule has 0 amide bonds. The van der Waals surface area contributed by atoms with E-state index in [9.17, 15) is 9.59 Å². The molecule has 1 N–H and O–H groups in total. The van der Waals surface area contributed by atoms with Crippen LogP contribution < -0.4 is 29.1 Å². The summed E-state index contributed by atoms with van der Waals surface area (Å²) in [4.78, 5) is 26.1. The third-order valence-electron chi connectivity index (χ3n) is 2.39. The van der Waals surface area contributed by atoms with E-state index in [1.54, 1.807) is 25.0 Å². The molecule has 0 radical (unpaired) electrons. The summed E-state index contributed by atoms with van der Waals surface area (Å²) in [6.45, 7) is 0. The van der Waals surface area contributed by atoms with E-state index in [-0.39, 0.29) is 11.2 Å². The molecule has 0 fully saturated rings. The standard InChI is InChI=1S/C8H10N4O2.I3/c1-10-4-9-6-5(10)7(13)12(3)8(14)11(6)2;1-3-2/h4H,1-3H3;/q;-1/p+1.